The van der Waals surface area contributed by atoms with Gasteiger partial charge in [0, 0.05) is 0 Å². The number of hydrogen-bond acceptors (Lipinski definition) is 3. The predicted molar refractivity (Wildman–Crippen MR) is 66.2 cm³/mol. The van der Waals surface area contributed by atoms with Gasteiger partial charge in [-0.3, -0.25) is 0 Å². The number of hydrogen-bond donors (Lipinski definition) is 2. The molecule has 3 N–H and O–H groups in total. The smallest absolute Gasteiger partial charge is 0.347 e. The Morgan fingerprint density at radius 3 is 2.65 bits per heavy atom. The first-order valence-electron chi connectivity index (χ1n) is 5.68. The lowest BCUT2D eigenvalue weighted by Crippen LogP contribution is -2.38. The lowest BCUT2D eigenvalue weighted by molar-refractivity contribution is -0.152. The maximum Gasteiger partial charge on any atom is 0.347 e. The molecule has 0 atom stereocenters. The molecule has 0 amide bonds. The molecule has 1 aromatic carbocycles. The molecule has 0 saturated carbocycles. The van der Waals surface area contributed by atoms with Crippen LogP contribution in [-0.2, 0) is 11.2 Å². The van der Waals surface area contributed by atoms with Crippen molar-refractivity contribution >= 4 is 5.97 Å². The van der Waals surface area contributed by atoms with Gasteiger partial charge in [-0.05, 0) is 44.9 Å². The summed E-state index contributed by atoms with van der Waals surface area (Å²) < 4.78 is 5.55. The molecule has 0 bridgehead atoms. The number of rotatable bonds is 6. The largest absolute Gasteiger partial charge is 0.478 e. The third kappa shape index (κ3) is 3.75. The van der Waals surface area contributed by atoms with Gasteiger partial charge in [0.15, 0.2) is 5.60 Å². The molecule has 0 heterocycles. The Labute approximate surface area is 101 Å². The number of nitrogens with two attached hydrogens (primary N) is 1. The first-order valence-corrected chi connectivity index (χ1v) is 5.68. The van der Waals surface area contributed by atoms with Crippen LogP contribution in [0.5, 0.6) is 5.75 Å². The second-order valence-electron chi connectivity index (χ2n) is 4.42. The molecule has 0 spiro atoms. The van der Waals surface area contributed by atoms with Gasteiger partial charge in [-0.2, -0.15) is 0 Å². The molecule has 0 aromatic heterocycles. The minimum Gasteiger partial charge on any atom is -0.478 e. The number of carboxylic acid groups (broad SMARTS) is 1. The summed E-state index contributed by atoms with van der Waals surface area (Å²) in [5.74, 6) is -0.362. The monoisotopic (exact) mass is 237 g/mol. The van der Waals surface area contributed by atoms with Crippen LogP contribution in [0.4, 0.5) is 0 Å². The van der Waals surface area contributed by atoms with Crippen molar-refractivity contribution in [3.63, 3.8) is 0 Å². The molecule has 17 heavy (non-hydrogen) atoms. The van der Waals surface area contributed by atoms with Gasteiger partial charge in [-0.15, -0.1) is 0 Å². The molecule has 0 aliphatic rings. The van der Waals surface area contributed by atoms with Gasteiger partial charge in [0.05, 0.1) is 0 Å². The fraction of sp³-hybridized carbons (Fsp3) is 0.462. The molecule has 0 fully saturated rings. The Kier molecular flexibility index (Phi) is 4.52. The van der Waals surface area contributed by atoms with Gasteiger partial charge < -0.3 is 15.6 Å². The summed E-state index contributed by atoms with van der Waals surface area (Å²) in [6, 6.07) is 7.46. The molecule has 1 aromatic rings. The topological polar surface area (TPSA) is 72.5 Å². The zero-order valence-electron chi connectivity index (χ0n) is 10.3. The molecule has 4 nitrogen and oxygen atoms in total. The first-order chi connectivity index (χ1) is 7.97. The molecule has 0 aliphatic heterocycles. The highest BCUT2D eigenvalue weighted by Crippen LogP contribution is 2.24. The van der Waals surface area contributed by atoms with Crippen LogP contribution in [0.1, 0.15) is 25.8 Å². The quantitative estimate of drug-likeness (QED) is 0.791. The van der Waals surface area contributed by atoms with Gasteiger partial charge in [0.2, 0.25) is 0 Å². The molecular weight excluding hydrogens is 218 g/mol. The van der Waals surface area contributed by atoms with Crippen LogP contribution in [-0.4, -0.2) is 23.2 Å². The number of aryl methyl sites for hydroxylation is 1. The van der Waals surface area contributed by atoms with E-state index >= 15 is 0 Å². The van der Waals surface area contributed by atoms with Crippen molar-refractivity contribution in [2.75, 3.05) is 6.54 Å². The molecular formula is C13H19NO3. The van der Waals surface area contributed by atoms with Gasteiger partial charge in [0.1, 0.15) is 5.75 Å². The summed E-state index contributed by atoms with van der Waals surface area (Å²) in [5.41, 5.74) is 5.24. The Morgan fingerprint density at radius 1 is 1.41 bits per heavy atom. The van der Waals surface area contributed by atoms with E-state index in [9.17, 15) is 4.79 Å². The van der Waals surface area contributed by atoms with Crippen LogP contribution in [0.15, 0.2) is 24.3 Å². The zero-order chi connectivity index (χ0) is 12.9. The molecule has 1 rings (SSSR count). The van der Waals surface area contributed by atoms with Crippen molar-refractivity contribution in [3.05, 3.63) is 29.8 Å². The summed E-state index contributed by atoms with van der Waals surface area (Å²) in [6.45, 7) is 3.68. The Bertz CT molecular complexity index is 388. The van der Waals surface area contributed by atoms with Gasteiger partial charge in [-0.1, -0.05) is 18.2 Å². The van der Waals surface area contributed by atoms with E-state index in [-0.39, 0.29) is 0 Å². The highest BCUT2D eigenvalue weighted by Gasteiger charge is 2.29. The summed E-state index contributed by atoms with van der Waals surface area (Å²) >= 11 is 0. The highest BCUT2D eigenvalue weighted by molar-refractivity contribution is 5.76. The predicted octanol–water partition coefficient (Wildman–Crippen LogP) is 1.82. The normalized spacial score (nSPS) is 11.2. The van der Waals surface area contributed by atoms with E-state index in [0.29, 0.717) is 12.3 Å². The first kappa shape index (κ1) is 13.5. The molecule has 0 radical (unpaired) electrons. The van der Waals surface area contributed by atoms with Crippen LogP contribution in [0.3, 0.4) is 0 Å². The number of carboxylic acids is 1. The Balaban J connectivity index is 2.86. The van der Waals surface area contributed by atoms with Crippen molar-refractivity contribution in [3.8, 4) is 5.75 Å². The number of benzene rings is 1. The lowest BCUT2D eigenvalue weighted by Gasteiger charge is -2.23. The Hall–Kier alpha value is -1.55. The van der Waals surface area contributed by atoms with Crippen LogP contribution < -0.4 is 10.5 Å². The molecule has 0 aliphatic carbocycles. The van der Waals surface area contributed by atoms with E-state index in [1.807, 2.05) is 18.2 Å². The van der Waals surface area contributed by atoms with Crippen molar-refractivity contribution in [2.45, 2.75) is 32.3 Å². The van der Waals surface area contributed by atoms with E-state index in [1.165, 1.54) is 13.8 Å². The average Bonchev–Trinajstić information content (AvgIpc) is 2.27. The van der Waals surface area contributed by atoms with Crippen molar-refractivity contribution in [1.29, 1.82) is 0 Å². The van der Waals surface area contributed by atoms with Crippen LogP contribution in [0.2, 0.25) is 0 Å². The molecule has 0 unspecified atom stereocenters. The van der Waals surface area contributed by atoms with Crippen LogP contribution >= 0.6 is 0 Å². The third-order valence-electron chi connectivity index (χ3n) is 2.50. The summed E-state index contributed by atoms with van der Waals surface area (Å²) in [7, 11) is 0. The number of aliphatic carboxylic acids is 1. The van der Waals surface area contributed by atoms with Gasteiger partial charge >= 0.3 is 5.97 Å². The minimum atomic E-state index is -1.22. The average molecular weight is 237 g/mol. The summed E-state index contributed by atoms with van der Waals surface area (Å²) in [6.07, 6.45) is 1.65. The fourth-order valence-corrected chi connectivity index (χ4v) is 1.42. The number of para-hydroxylation sites is 1. The number of carbonyl (C=O) groups is 1. The van der Waals surface area contributed by atoms with Crippen molar-refractivity contribution in [2.24, 2.45) is 5.73 Å². The van der Waals surface area contributed by atoms with E-state index in [2.05, 4.69) is 0 Å². The SMILES string of the molecule is CC(C)(Oc1ccccc1CCCN)C(=O)O. The maximum absolute atomic E-state index is 11.0. The fourth-order valence-electron chi connectivity index (χ4n) is 1.42. The van der Waals surface area contributed by atoms with E-state index < -0.39 is 11.6 Å². The van der Waals surface area contributed by atoms with Gasteiger partial charge in [-0.25, -0.2) is 4.79 Å². The molecule has 0 saturated heterocycles. The maximum atomic E-state index is 11.0. The molecule has 94 valence electrons. The third-order valence-corrected chi connectivity index (χ3v) is 2.50. The van der Waals surface area contributed by atoms with Crippen molar-refractivity contribution in [1.82, 2.24) is 0 Å². The van der Waals surface area contributed by atoms with Crippen LogP contribution in [0.25, 0.3) is 0 Å². The van der Waals surface area contributed by atoms with E-state index in [0.717, 1.165) is 18.4 Å². The zero-order valence-corrected chi connectivity index (χ0v) is 10.3. The lowest BCUT2D eigenvalue weighted by atomic mass is 10.1. The van der Waals surface area contributed by atoms with Gasteiger partial charge in [0.25, 0.3) is 0 Å². The minimum absolute atomic E-state index is 0.608. The molecule has 4 heteroatoms. The summed E-state index contributed by atoms with van der Waals surface area (Å²) in [4.78, 5) is 11.0. The van der Waals surface area contributed by atoms with Crippen LogP contribution in [0, 0.1) is 0 Å². The van der Waals surface area contributed by atoms with E-state index in [1.54, 1.807) is 6.07 Å². The summed E-state index contributed by atoms with van der Waals surface area (Å²) in [5, 5.41) is 9.02. The number of ether oxygens (including phenoxy) is 1. The Morgan fingerprint density at radius 2 is 2.06 bits per heavy atom. The second kappa shape index (κ2) is 5.68. The highest BCUT2D eigenvalue weighted by atomic mass is 16.5. The van der Waals surface area contributed by atoms with Crippen molar-refractivity contribution < 1.29 is 14.6 Å². The second-order valence-corrected chi connectivity index (χ2v) is 4.42. The standard InChI is InChI=1S/C13H19NO3/c1-13(2,12(15)16)17-11-8-4-3-6-10(11)7-5-9-14/h3-4,6,8H,5,7,9,14H2,1-2H3,(H,15,16). The van der Waals surface area contributed by atoms with E-state index in [4.69, 9.17) is 15.6 Å².